The first-order valence-electron chi connectivity index (χ1n) is 5.06. The highest BCUT2D eigenvalue weighted by atomic mass is 79.9. The van der Waals surface area contributed by atoms with Gasteiger partial charge in [0, 0.05) is 23.3 Å². The Balaban J connectivity index is 2.09. The first-order chi connectivity index (χ1) is 6.81. The summed E-state index contributed by atoms with van der Waals surface area (Å²) in [5.41, 5.74) is 1.14. The predicted molar refractivity (Wildman–Crippen MR) is 65.6 cm³/mol. The summed E-state index contributed by atoms with van der Waals surface area (Å²) >= 11 is 5.28. The van der Waals surface area contributed by atoms with E-state index in [0.717, 1.165) is 23.6 Å². The Morgan fingerprint density at radius 1 is 1.64 bits per heavy atom. The van der Waals surface area contributed by atoms with Crippen LogP contribution in [0.1, 0.15) is 25.0 Å². The second kappa shape index (κ2) is 4.62. The van der Waals surface area contributed by atoms with Crippen LogP contribution in [0.25, 0.3) is 0 Å². The van der Waals surface area contributed by atoms with Crippen molar-refractivity contribution in [3.8, 4) is 0 Å². The summed E-state index contributed by atoms with van der Waals surface area (Å²) in [7, 11) is 0. The average Bonchev–Trinajstić information content (AvgIpc) is 2.48. The van der Waals surface area contributed by atoms with Crippen molar-refractivity contribution in [3.63, 3.8) is 0 Å². The Labute approximate surface area is 97.5 Å². The van der Waals surface area contributed by atoms with Crippen LogP contribution < -0.4 is 4.90 Å². The lowest BCUT2D eigenvalue weighted by Gasteiger charge is -2.37. The molecule has 14 heavy (non-hydrogen) atoms. The van der Waals surface area contributed by atoms with Crippen LogP contribution in [-0.4, -0.2) is 22.9 Å². The highest BCUT2D eigenvalue weighted by molar-refractivity contribution is 9.09. The Morgan fingerprint density at radius 2 is 2.43 bits per heavy atom. The fourth-order valence-corrected chi connectivity index (χ4v) is 2.98. The van der Waals surface area contributed by atoms with E-state index >= 15 is 0 Å². The zero-order chi connectivity index (χ0) is 9.97. The fraction of sp³-hybridized carbons (Fsp3) is 0.700. The van der Waals surface area contributed by atoms with E-state index in [9.17, 15) is 0 Å². The van der Waals surface area contributed by atoms with E-state index in [0.29, 0.717) is 0 Å². The molecule has 0 N–H and O–H groups in total. The standard InChI is InChI=1S/C10H15BrN2S/c1-8-7-14-10(12-8)13(6-5-11)9-3-2-4-9/h7,9H,2-6H2,1H3. The Morgan fingerprint density at radius 3 is 2.86 bits per heavy atom. The van der Waals surface area contributed by atoms with E-state index in [1.807, 2.05) is 0 Å². The minimum atomic E-state index is 0.748. The lowest BCUT2D eigenvalue weighted by Crippen LogP contribution is -2.41. The summed E-state index contributed by atoms with van der Waals surface area (Å²) in [4.78, 5) is 7.01. The van der Waals surface area contributed by atoms with Gasteiger partial charge < -0.3 is 4.90 Å². The van der Waals surface area contributed by atoms with Gasteiger partial charge in [-0.1, -0.05) is 15.9 Å². The maximum absolute atomic E-state index is 4.56. The van der Waals surface area contributed by atoms with Crippen LogP contribution in [-0.2, 0) is 0 Å². The highest BCUT2D eigenvalue weighted by Crippen LogP contribution is 2.31. The minimum absolute atomic E-state index is 0.748. The largest absolute Gasteiger partial charge is 0.344 e. The molecule has 0 bridgehead atoms. The molecule has 0 radical (unpaired) electrons. The molecule has 1 fully saturated rings. The topological polar surface area (TPSA) is 16.1 Å². The van der Waals surface area contributed by atoms with E-state index in [1.54, 1.807) is 11.3 Å². The third kappa shape index (κ3) is 2.11. The van der Waals surface area contributed by atoms with Crippen molar-refractivity contribution >= 4 is 32.4 Å². The number of nitrogens with zero attached hydrogens (tertiary/aromatic N) is 2. The van der Waals surface area contributed by atoms with E-state index in [4.69, 9.17) is 0 Å². The molecule has 2 rings (SSSR count). The van der Waals surface area contributed by atoms with Crippen molar-refractivity contribution in [2.75, 3.05) is 16.8 Å². The van der Waals surface area contributed by atoms with E-state index in [2.05, 4.69) is 38.1 Å². The maximum atomic E-state index is 4.56. The van der Waals surface area contributed by atoms with Gasteiger partial charge in [0.2, 0.25) is 0 Å². The summed E-state index contributed by atoms with van der Waals surface area (Å²) in [6, 6.07) is 0.748. The molecule has 4 heteroatoms. The molecule has 1 aromatic rings. The van der Waals surface area contributed by atoms with Crippen molar-refractivity contribution in [3.05, 3.63) is 11.1 Å². The van der Waals surface area contributed by atoms with E-state index in [-0.39, 0.29) is 0 Å². The quantitative estimate of drug-likeness (QED) is 0.784. The molecule has 2 nitrogen and oxygen atoms in total. The molecule has 1 heterocycles. The molecule has 78 valence electrons. The number of alkyl halides is 1. The molecule has 0 saturated heterocycles. The summed E-state index contributed by atoms with van der Waals surface area (Å²) in [5, 5.41) is 4.36. The van der Waals surface area contributed by atoms with Gasteiger partial charge in [-0.3, -0.25) is 0 Å². The number of thiazole rings is 1. The number of aromatic nitrogens is 1. The predicted octanol–water partition coefficient (Wildman–Crippen LogP) is 3.21. The molecule has 0 spiro atoms. The van der Waals surface area contributed by atoms with E-state index < -0.39 is 0 Å². The third-order valence-electron chi connectivity index (χ3n) is 2.69. The fourth-order valence-electron chi connectivity index (χ4n) is 1.70. The first kappa shape index (κ1) is 10.4. The zero-order valence-electron chi connectivity index (χ0n) is 8.37. The van der Waals surface area contributed by atoms with Crippen molar-refractivity contribution in [2.45, 2.75) is 32.2 Å². The second-order valence-corrected chi connectivity index (χ2v) is 5.37. The van der Waals surface area contributed by atoms with Gasteiger partial charge in [0.15, 0.2) is 5.13 Å². The summed E-state index contributed by atoms with van der Waals surface area (Å²) in [6.45, 7) is 3.14. The van der Waals surface area contributed by atoms with Gasteiger partial charge in [0.1, 0.15) is 0 Å². The molecule has 0 aliphatic heterocycles. The highest BCUT2D eigenvalue weighted by Gasteiger charge is 2.26. The van der Waals surface area contributed by atoms with Crippen LogP contribution in [0.5, 0.6) is 0 Å². The molecular weight excluding hydrogens is 260 g/mol. The van der Waals surface area contributed by atoms with Gasteiger partial charge in [-0.15, -0.1) is 11.3 Å². The third-order valence-corrected chi connectivity index (χ3v) is 4.04. The van der Waals surface area contributed by atoms with Crippen molar-refractivity contribution in [1.82, 2.24) is 4.98 Å². The first-order valence-corrected chi connectivity index (χ1v) is 7.06. The maximum Gasteiger partial charge on any atom is 0.185 e. The summed E-state index contributed by atoms with van der Waals surface area (Å²) in [5.74, 6) is 0. The monoisotopic (exact) mass is 274 g/mol. The van der Waals surface area contributed by atoms with Crippen LogP contribution in [0.4, 0.5) is 5.13 Å². The normalized spacial score (nSPS) is 16.7. The molecule has 1 aliphatic rings. The molecule has 0 atom stereocenters. The van der Waals surface area contributed by atoms with Gasteiger partial charge in [0.25, 0.3) is 0 Å². The van der Waals surface area contributed by atoms with Gasteiger partial charge in [-0.05, 0) is 26.2 Å². The summed E-state index contributed by atoms with van der Waals surface area (Å²) < 4.78 is 0. The van der Waals surface area contributed by atoms with Gasteiger partial charge >= 0.3 is 0 Å². The van der Waals surface area contributed by atoms with Crippen LogP contribution in [0.2, 0.25) is 0 Å². The van der Waals surface area contributed by atoms with Crippen LogP contribution in [0.3, 0.4) is 0 Å². The molecule has 1 aromatic heterocycles. The second-order valence-electron chi connectivity index (χ2n) is 3.74. The number of hydrogen-bond acceptors (Lipinski definition) is 3. The zero-order valence-corrected chi connectivity index (χ0v) is 10.8. The number of halogens is 1. The number of anilines is 1. The van der Waals surface area contributed by atoms with E-state index in [1.165, 1.54) is 24.4 Å². The minimum Gasteiger partial charge on any atom is -0.344 e. The van der Waals surface area contributed by atoms with Crippen LogP contribution >= 0.6 is 27.3 Å². The molecular formula is C10H15BrN2S. The van der Waals surface area contributed by atoms with Crippen LogP contribution in [0, 0.1) is 6.92 Å². The van der Waals surface area contributed by atoms with Crippen LogP contribution in [0.15, 0.2) is 5.38 Å². The van der Waals surface area contributed by atoms with Crippen molar-refractivity contribution < 1.29 is 0 Å². The molecule has 1 aliphatic carbocycles. The van der Waals surface area contributed by atoms with Gasteiger partial charge in [-0.2, -0.15) is 0 Å². The van der Waals surface area contributed by atoms with Crippen molar-refractivity contribution in [1.29, 1.82) is 0 Å². The van der Waals surface area contributed by atoms with Gasteiger partial charge in [-0.25, -0.2) is 4.98 Å². The van der Waals surface area contributed by atoms with Crippen molar-refractivity contribution in [2.24, 2.45) is 0 Å². The number of hydrogen-bond donors (Lipinski definition) is 0. The Bertz CT molecular complexity index is 296. The lowest BCUT2D eigenvalue weighted by atomic mass is 9.92. The molecule has 1 saturated carbocycles. The smallest absolute Gasteiger partial charge is 0.185 e. The summed E-state index contributed by atoms with van der Waals surface area (Å²) in [6.07, 6.45) is 4.06. The molecule has 0 aromatic carbocycles. The number of rotatable bonds is 4. The Kier molecular flexibility index (Phi) is 3.44. The molecule has 0 unspecified atom stereocenters. The Hall–Kier alpha value is -0.0900. The molecule has 0 amide bonds. The number of aryl methyl sites for hydroxylation is 1. The SMILES string of the molecule is Cc1csc(N(CCBr)C2CCC2)n1. The average molecular weight is 275 g/mol. The lowest BCUT2D eigenvalue weighted by molar-refractivity contribution is 0.391. The van der Waals surface area contributed by atoms with Gasteiger partial charge in [0.05, 0.1) is 5.69 Å².